The van der Waals surface area contributed by atoms with Crippen LogP contribution in [0.25, 0.3) is 11.4 Å². The summed E-state index contributed by atoms with van der Waals surface area (Å²) < 4.78 is 13.1. The predicted octanol–water partition coefficient (Wildman–Crippen LogP) is 2.87. The monoisotopic (exact) mass is 386 g/mol. The Hall–Kier alpha value is -3.06. The van der Waals surface area contributed by atoms with E-state index < -0.39 is 5.56 Å². The van der Waals surface area contributed by atoms with Crippen LogP contribution in [-0.4, -0.2) is 21.1 Å². The summed E-state index contributed by atoms with van der Waals surface area (Å²) in [4.78, 5) is 26.7. The van der Waals surface area contributed by atoms with Gasteiger partial charge in [-0.1, -0.05) is 35.9 Å². The molecular formula is C19H16ClFN4O2. The molecule has 3 rings (SSSR count). The van der Waals surface area contributed by atoms with E-state index in [0.717, 1.165) is 0 Å². The van der Waals surface area contributed by atoms with Crippen molar-refractivity contribution in [1.82, 2.24) is 20.5 Å². The number of aryl methyl sites for hydroxylation is 1. The van der Waals surface area contributed by atoms with Crippen LogP contribution >= 0.6 is 11.6 Å². The number of aromatic amines is 1. The van der Waals surface area contributed by atoms with Gasteiger partial charge in [-0.15, -0.1) is 10.2 Å². The molecule has 0 saturated carbocycles. The van der Waals surface area contributed by atoms with Crippen LogP contribution in [0.1, 0.15) is 17.7 Å². The van der Waals surface area contributed by atoms with Gasteiger partial charge in [-0.05, 0) is 29.8 Å². The van der Waals surface area contributed by atoms with Crippen LogP contribution in [0.3, 0.4) is 0 Å². The maximum absolute atomic E-state index is 13.1. The molecule has 27 heavy (non-hydrogen) atoms. The molecule has 2 aromatic carbocycles. The Bertz CT molecular complexity index is 1020. The highest BCUT2D eigenvalue weighted by molar-refractivity contribution is 6.30. The lowest BCUT2D eigenvalue weighted by Crippen LogP contribution is -2.25. The van der Waals surface area contributed by atoms with E-state index in [0.29, 0.717) is 22.0 Å². The summed E-state index contributed by atoms with van der Waals surface area (Å²) in [5.74, 6) is -0.315. The average molecular weight is 387 g/mol. The number of nitrogens with zero attached hydrogens (tertiary/aromatic N) is 2. The van der Waals surface area contributed by atoms with E-state index in [1.54, 1.807) is 36.4 Å². The molecule has 0 aliphatic carbocycles. The molecule has 138 valence electrons. The van der Waals surface area contributed by atoms with Crippen LogP contribution in [0.2, 0.25) is 5.02 Å². The Morgan fingerprint density at radius 1 is 1.15 bits per heavy atom. The van der Waals surface area contributed by atoms with Gasteiger partial charge in [-0.2, -0.15) is 0 Å². The van der Waals surface area contributed by atoms with E-state index in [1.807, 2.05) is 0 Å². The predicted molar refractivity (Wildman–Crippen MR) is 99.7 cm³/mol. The molecule has 0 spiro atoms. The van der Waals surface area contributed by atoms with E-state index in [9.17, 15) is 14.0 Å². The minimum atomic E-state index is -0.405. The summed E-state index contributed by atoms with van der Waals surface area (Å²) in [7, 11) is 0. The second-order valence-electron chi connectivity index (χ2n) is 5.87. The summed E-state index contributed by atoms with van der Waals surface area (Å²) in [6.07, 6.45) is 0.219. The molecule has 1 heterocycles. The van der Waals surface area contributed by atoms with Gasteiger partial charge in [-0.25, -0.2) is 4.39 Å². The zero-order chi connectivity index (χ0) is 19.2. The van der Waals surface area contributed by atoms with E-state index in [1.165, 1.54) is 12.1 Å². The molecular weight excluding hydrogens is 371 g/mol. The lowest BCUT2D eigenvalue weighted by molar-refractivity contribution is -0.121. The highest BCUT2D eigenvalue weighted by Gasteiger charge is 2.10. The molecule has 2 N–H and O–H groups in total. The van der Waals surface area contributed by atoms with Crippen molar-refractivity contribution in [3.05, 3.63) is 81.0 Å². The fourth-order valence-electron chi connectivity index (χ4n) is 2.46. The van der Waals surface area contributed by atoms with Gasteiger partial charge in [0, 0.05) is 30.0 Å². The summed E-state index contributed by atoms with van der Waals surface area (Å²) in [6.45, 7) is 0.215. The third kappa shape index (κ3) is 5.21. The first-order chi connectivity index (χ1) is 13.0. The molecule has 0 fully saturated rings. The fourth-order valence-corrected chi connectivity index (χ4v) is 2.65. The summed E-state index contributed by atoms with van der Waals surface area (Å²) in [5, 5.41) is 11.1. The lowest BCUT2D eigenvalue weighted by Gasteiger charge is -2.06. The zero-order valence-electron chi connectivity index (χ0n) is 14.2. The first kappa shape index (κ1) is 18.7. The lowest BCUT2D eigenvalue weighted by atomic mass is 10.2. The summed E-state index contributed by atoms with van der Waals surface area (Å²) >= 11 is 5.93. The van der Waals surface area contributed by atoms with Crippen molar-refractivity contribution >= 4 is 17.5 Å². The van der Waals surface area contributed by atoms with Gasteiger partial charge in [0.05, 0.1) is 0 Å². The second kappa shape index (κ2) is 8.55. The Morgan fingerprint density at radius 2 is 1.96 bits per heavy atom. The summed E-state index contributed by atoms with van der Waals surface area (Å²) in [6, 6.07) is 12.9. The number of aromatic nitrogens is 3. The maximum Gasteiger partial charge on any atom is 0.273 e. The third-order valence-corrected chi connectivity index (χ3v) is 4.07. The van der Waals surface area contributed by atoms with Gasteiger partial charge in [0.2, 0.25) is 5.91 Å². The number of H-pyrrole nitrogens is 1. The second-order valence-corrected chi connectivity index (χ2v) is 6.30. The molecule has 3 aromatic rings. The smallest absolute Gasteiger partial charge is 0.273 e. The minimum Gasteiger partial charge on any atom is -0.352 e. The normalized spacial score (nSPS) is 10.6. The van der Waals surface area contributed by atoms with E-state index in [4.69, 9.17) is 11.6 Å². The minimum absolute atomic E-state index is 0.0730. The molecule has 0 saturated heterocycles. The molecule has 0 radical (unpaired) electrons. The van der Waals surface area contributed by atoms with Gasteiger partial charge < -0.3 is 10.3 Å². The first-order valence-corrected chi connectivity index (χ1v) is 8.62. The van der Waals surface area contributed by atoms with Crippen molar-refractivity contribution in [3.8, 4) is 11.4 Å². The number of amides is 1. The third-order valence-electron chi connectivity index (χ3n) is 3.83. The van der Waals surface area contributed by atoms with Crippen molar-refractivity contribution in [1.29, 1.82) is 0 Å². The van der Waals surface area contributed by atoms with Crippen molar-refractivity contribution in [2.75, 3.05) is 0 Å². The highest BCUT2D eigenvalue weighted by Crippen LogP contribution is 2.17. The van der Waals surface area contributed by atoms with Gasteiger partial charge in [-0.3, -0.25) is 9.59 Å². The molecule has 6 nitrogen and oxygen atoms in total. The highest BCUT2D eigenvalue weighted by atomic mass is 35.5. The zero-order valence-corrected chi connectivity index (χ0v) is 15.0. The SMILES string of the molecule is O=C(CCc1nnc(-c2cccc(Cl)c2)[nH]c1=O)NCc1cccc(F)c1. The maximum atomic E-state index is 13.1. The Labute approximate surface area is 159 Å². The van der Waals surface area contributed by atoms with Crippen LogP contribution in [0.15, 0.2) is 53.3 Å². The van der Waals surface area contributed by atoms with Crippen LogP contribution in [0.4, 0.5) is 4.39 Å². The molecule has 0 unspecified atom stereocenters. The van der Waals surface area contributed by atoms with Gasteiger partial charge >= 0.3 is 0 Å². The Morgan fingerprint density at radius 3 is 2.70 bits per heavy atom. The van der Waals surface area contributed by atoms with Crippen LogP contribution in [0.5, 0.6) is 0 Å². The van der Waals surface area contributed by atoms with Crippen molar-refractivity contribution < 1.29 is 9.18 Å². The van der Waals surface area contributed by atoms with E-state index in [-0.39, 0.29) is 36.8 Å². The molecule has 0 atom stereocenters. The number of halogens is 2. The number of carbonyl (C=O) groups is 1. The molecule has 0 aliphatic rings. The molecule has 1 aromatic heterocycles. The number of nitrogens with one attached hydrogen (secondary N) is 2. The Kier molecular flexibility index (Phi) is 5.93. The van der Waals surface area contributed by atoms with E-state index in [2.05, 4.69) is 20.5 Å². The molecule has 1 amide bonds. The number of hydrogen-bond donors (Lipinski definition) is 2. The molecule has 0 aliphatic heterocycles. The fraction of sp³-hybridized carbons (Fsp3) is 0.158. The standard InChI is InChI=1S/C19H16ClFN4O2/c20-14-5-2-4-13(10-14)18-23-19(27)16(24-25-18)7-8-17(26)22-11-12-3-1-6-15(21)9-12/h1-6,9-10H,7-8,11H2,(H,22,26)(H,23,25,27). The van der Waals surface area contributed by atoms with Gasteiger partial charge in [0.1, 0.15) is 11.5 Å². The van der Waals surface area contributed by atoms with Crippen LogP contribution < -0.4 is 10.9 Å². The Balaban J connectivity index is 1.58. The largest absolute Gasteiger partial charge is 0.352 e. The van der Waals surface area contributed by atoms with Crippen LogP contribution in [-0.2, 0) is 17.8 Å². The van der Waals surface area contributed by atoms with Crippen molar-refractivity contribution in [2.45, 2.75) is 19.4 Å². The number of rotatable bonds is 6. The van der Waals surface area contributed by atoms with E-state index >= 15 is 0 Å². The van der Waals surface area contributed by atoms with Gasteiger partial charge in [0.15, 0.2) is 5.82 Å². The van der Waals surface area contributed by atoms with Crippen LogP contribution in [0, 0.1) is 5.82 Å². The van der Waals surface area contributed by atoms with Crippen molar-refractivity contribution in [3.63, 3.8) is 0 Å². The first-order valence-electron chi connectivity index (χ1n) is 8.24. The quantitative estimate of drug-likeness (QED) is 0.681. The number of benzene rings is 2. The number of carbonyl (C=O) groups excluding carboxylic acids is 1. The summed E-state index contributed by atoms with van der Waals surface area (Å²) in [5.41, 5.74) is 1.07. The van der Waals surface area contributed by atoms with Gasteiger partial charge in [0.25, 0.3) is 5.56 Å². The van der Waals surface area contributed by atoms with Crippen molar-refractivity contribution in [2.24, 2.45) is 0 Å². The molecule has 8 heteroatoms. The average Bonchev–Trinajstić information content (AvgIpc) is 2.65. The topological polar surface area (TPSA) is 87.7 Å². The number of hydrogen-bond acceptors (Lipinski definition) is 4. The molecule has 0 bridgehead atoms.